The topological polar surface area (TPSA) is 24.9 Å². The lowest BCUT2D eigenvalue weighted by molar-refractivity contribution is 0.285. The Hall–Kier alpha value is -0.890. The first-order valence-electron chi connectivity index (χ1n) is 6.51. The molecule has 2 atom stereocenters. The first-order valence-corrected chi connectivity index (χ1v) is 6.51. The van der Waals surface area contributed by atoms with E-state index in [-0.39, 0.29) is 0 Å². The molecular formula is C14H22N2. The van der Waals surface area contributed by atoms with Crippen molar-refractivity contribution in [2.45, 2.75) is 45.1 Å². The van der Waals surface area contributed by atoms with Gasteiger partial charge in [0.2, 0.25) is 0 Å². The number of aromatic nitrogens is 1. The van der Waals surface area contributed by atoms with Crippen LogP contribution >= 0.6 is 0 Å². The van der Waals surface area contributed by atoms with Crippen LogP contribution in [0.15, 0.2) is 24.4 Å². The number of pyridine rings is 1. The molecule has 1 heterocycles. The van der Waals surface area contributed by atoms with Crippen LogP contribution in [0.5, 0.6) is 0 Å². The molecule has 0 amide bonds. The van der Waals surface area contributed by atoms with Crippen molar-refractivity contribution in [3.05, 3.63) is 30.1 Å². The Morgan fingerprint density at radius 1 is 1.38 bits per heavy atom. The molecule has 0 bridgehead atoms. The summed E-state index contributed by atoms with van der Waals surface area (Å²) in [6.45, 7) is 3.29. The van der Waals surface area contributed by atoms with Gasteiger partial charge in [0, 0.05) is 17.9 Å². The molecule has 0 spiro atoms. The second-order valence-electron chi connectivity index (χ2n) is 4.81. The molecule has 2 nitrogen and oxygen atoms in total. The summed E-state index contributed by atoms with van der Waals surface area (Å²) in [7, 11) is 0. The maximum Gasteiger partial charge on any atom is 0.0406 e. The summed E-state index contributed by atoms with van der Waals surface area (Å²) in [5.74, 6) is 0.827. The summed E-state index contributed by atoms with van der Waals surface area (Å²) in [5.41, 5.74) is 1.25. The lowest BCUT2D eigenvalue weighted by atomic mass is 9.83. The standard InChI is InChI=1S/C14H22N2/c1-2-15-13-8-5-6-12(10-13)11-14-7-3-4-9-16-14/h3-4,7,9,12-13,15H,2,5-6,8,10-11H2,1H3. The Bertz CT molecular complexity index is 295. The normalized spacial score (nSPS) is 25.6. The van der Waals surface area contributed by atoms with E-state index in [4.69, 9.17) is 0 Å². The van der Waals surface area contributed by atoms with Gasteiger partial charge >= 0.3 is 0 Å². The minimum Gasteiger partial charge on any atom is -0.314 e. The van der Waals surface area contributed by atoms with Crippen LogP contribution in [-0.4, -0.2) is 17.6 Å². The molecule has 1 N–H and O–H groups in total. The van der Waals surface area contributed by atoms with Crippen LogP contribution in [0.25, 0.3) is 0 Å². The molecule has 2 rings (SSSR count). The summed E-state index contributed by atoms with van der Waals surface area (Å²) >= 11 is 0. The molecule has 1 saturated carbocycles. The van der Waals surface area contributed by atoms with Crippen molar-refractivity contribution in [1.82, 2.24) is 10.3 Å². The summed E-state index contributed by atoms with van der Waals surface area (Å²) in [6.07, 6.45) is 8.48. The summed E-state index contributed by atoms with van der Waals surface area (Å²) in [4.78, 5) is 4.42. The molecule has 1 aliphatic rings. The zero-order valence-corrected chi connectivity index (χ0v) is 10.2. The van der Waals surface area contributed by atoms with E-state index in [9.17, 15) is 0 Å². The van der Waals surface area contributed by atoms with Crippen molar-refractivity contribution >= 4 is 0 Å². The SMILES string of the molecule is CCNC1CCCC(Cc2ccccn2)C1. The van der Waals surface area contributed by atoms with E-state index in [1.807, 2.05) is 12.3 Å². The van der Waals surface area contributed by atoms with E-state index in [1.54, 1.807) is 0 Å². The Morgan fingerprint density at radius 3 is 3.06 bits per heavy atom. The number of rotatable bonds is 4. The molecular weight excluding hydrogens is 196 g/mol. The van der Waals surface area contributed by atoms with Crippen LogP contribution in [-0.2, 0) is 6.42 Å². The van der Waals surface area contributed by atoms with Gasteiger partial charge in [-0.1, -0.05) is 19.4 Å². The lowest BCUT2D eigenvalue weighted by Gasteiger charge is -2.29. The second-order valence-corrected chi connectivity index (χ2v) is 4.81. The second kappa shape index (κ2) is 6.00. The van der Waals surface area contributed by atoms with Gasteiger partial charge in [0.15, 0.2) is 0 Å². The molecule has 2 unspecified atom stereocenters. The minimum atomic E-state index is 0.743. The molecule has 0 saturated heterocycles. The van der Waals surface area contributed by atoms with Gasteiger partial charge in [-0.15, -0.1) is 0 Å². The maximum absolute atomic E-state index is 4.42. The van der Waals surface area contributed by atoms with Gasteiger partial charge in [0.1, 0.15) is 0 Å². The van der Waals surface area contributed by atoms with Crippen molar-refractivity contribution in [3.8, 4) is 0 Å². The maximum atomic E-state index is 4.42. The Labute approximate surface area is 98.5 Å². The quantitative estimate of drug-likeness (QED) is 0.840. The summed E-state index contributed by atoms with van der Waals surface area (Å²) < 4.78 is 0. The smallest absolute Gasteiger partial charge is 0.0406 e. The van der Waals surface area contributed by atoms with E-state index in [0.29, 0.717) is 0 Å². The minimum absolute atomic E-state index is 0.743. The van der Waals surface area contributed by atoms with Crippen molar-refractivity contribution in [2.24, 2.45) is 5.92 Å². The fraction of sp³-hybridized carbons (Fsp3) is 0.643. The fourth-order valence-corrected chi connectivity index (χ4v) is 2.77. The first kappa shape index (κ1) is 11.6. The number of hydrogen-bond donors (Lipinski definition) is 1. The van der Waals surface area contributed by atoms with Gasteiger partial charge in [-0.05, 0) is 50.3 Å². The Morgan fingerprint density at radius 2 is 2.31 bits per heavy atom. The van der Waals surface area contributed by atoms with E-state index in [1.165, 1.54) is 31.4 Å². The number of nitrogens with zero attached hydrogens (tertiary/aromatic N) is 1. The van der Waals surface area contributed by atoms with Gasteiger partial charge in [-0.25, -0.2) is 0 Å². The number of nitrogens with one attached hydrogen (secondary N) is 1. The zero-order valence-electron chi connectivity index (χ0n) is 10.2. The molecule has 1 aromatic heterocycles. The Balaban J connectivity index is 1.85. The van der Waals surface area contributed by atoms with Gasteiger partial charge in [0.05, 0.1) is 0 Å². The summed E-state index contributed by atoms with van der Waals surface area (Å²) in [5, 5.41) is 3.58. The highest BCUT2D eigenvalue weighted by Gasteiger charge is 2.21. The van der Waals surface area contributed by atoms with E-state index in [2.05, 4.69) is 29.4 Å². The molecule has 0 aromatic carbocycles. The third-order valence-electron chi connectivity index (χ3n) is 3.50. The largest absolute Gasteiger partial charge is 0.314 e. The van der Waals surface area contributed by atoms with E-state index in [0.717, 1.165) is 24.9 Å². The van der Waals surface area contributed by atoms with Crippen LogP contribution in [0, 0.1) is 5.92 Å². The van der Waals surface area contributed by atoms with Crippen LogP contribution < -0.4 is 5.32 Å². The lowest BCUT2D eigenvalue weighted by Crippen LogP contribution is -2.34. The summed E-state index contributed by atoms with van der Waals surface area (Å²) in [6, 6.07) is 6.97. The fourth-order valence-electron chi connectivity index (χ4n) is 2.77. The van der Waals surface area contributed by atoms with Crippen LogP contribution in [0.4, 0.5) is 0 Å². The molecule has 0 aliphatic heterocycles. The van der Waals surface area contributed by atoms with Crippen LogP contribution in [0.3, 0.4) is 0 Å². The van der Waals surface area contributed by atoms with Crippen LogP contribution in [0.2, 0.25) is 0 Å². The average molecular weight is 218 g/mol. The van der Waals surface area contributed by atoms with Gasteiger partial charge in [-0.2, -0.15) is 0 Å². The Kier molecular flexibility index (Phi) is 4.34. The highest BCUT2D eigenvalue weighted by atomic mass is 14.9. The highest BCUT2D eigenvalue weighted by molar-refractivity contribution is 5.04. The van der Waals surface area contributed by atoms with Crippen molar-refractivity contribution in [2.75, 3.05) is 6.54 Å². The molecule has 1 aromatic rings. The third kappa shape index (κ3) is 3.31. The molecule has 0 radical (unpaired) electrons. The molecule has 2 heteroatoms. The third-order valence-corrected chi connectivity index (χ3v) is 3.50. The molecule has 1 aliphatic carbocycles. The number of hydrogen-bond acceptors (Lipinski definition) is 2. The van der Waals surface area contributed by atoms with Gasteiger partial charge < -0.3 is 5.32 Å². The van der Waals surface area contributed by atoms with Crippen molar-refractivity contribution in [3.63, 3.8) is 0 Å². The molecule has 88 valence electrons. The predicted octanol–water partition coefficient (Wildman–Crippen LogP) is 2.79. The van der Waals surface area contributed by atoms with Gasteiger partial charge in [0.25, 0.3) is 0 Å². The first-order chi connectivity index (χ1) is 7.88. The van der Waals surface area contributed by atoms with Gasteiger partial charge in [-0.3, -0.25) is 4.98 Å². The molecule has 1 fully saturated rings. The van der Waals surface area contributed by atoms with E-state index >= 15 is 0 Å². The highest BCUT2D eigenvalue weighted by Crippen LogP contribution is 2.26. The van der Waals surface area contributed by atoms with Crippen molar-refractivity contribution in [1.29, 1.82) is 0 Å². The predicted molar refractivity (Wildman–Crippen MR) is 67.4 cm³/mol. The average Bonchev–Trinajstić information content (AvgIpc) is 2.31. The van der Waals surface area contributed by atoms with Crippen molar-refractivity contribution < 1.29 is 0 Å². The van der Waals surface area contributed by atoms with E-state index < -0.39 is 0 Å². The van der Waals surface area contributed by atoms with Crippen LogP contribution in [0.1, 0.15) is 38.3 Å². The molecule has 16 heavy (non-hydrogen) atoms. The zero-order chi connectivity index (χ0) is 11.2. The monoisotopic (exact) mass is 218 g/mol.